The molecule has 4 unspecified atom stereocenters. The summed E-state index contributed by atoms with van der Waals surface area (Å²) in [6.45, 7) is 2.63. The molecule has 4 aliphatic rings. The highest BCUT2D eigenvalue weighted by Crippen LogP contribution is 2.61. The molecule has 14 nitrogen and oxygen atoms in total. The van der Waals surface area contributed by atoms with Crippen LogP contribution in [0.5, 0.6) is 11.5 Å². The van der Waals surface area contributed by atoms with Crippen molar-refractivity contribution in [1.29, 1.82) is 0 Å². The molecule has 0 saturated carbocycles. The van der Waals surface area contributed by atoms with Crippen molar-refractivity contribution in [3.05, 3.63) is 34.1 Å². The molecule has 0 bridgehead atoms. The number of fused-ring (bicyclic) bond motifs is 1. The SMILES string of the molecule is COC1=CC(C(=O)[C@@H](C=O)OC2CCCCO2)C[C@@H](C)[C@@]12Oc1c(Cl)c(C(=O)NN)cc(OC)c1C2C(=O)[C@@H](C=O)OC1CCCCO1. The summed E-state index contributed by atoms with van der Waals surface area (Å²) in [7, 11) is 2.69. The number of nitrogens with one attached hydrogen (secondary N) is 1. The van der Waals surface area contributed by atoms with Crippen LogP contribution in [-0.4, -0.2) is 87.9 Å². The van der Waals surface area contributed by atoms with E-state index in [0.717, 1.165) is 25.7 Å². The van der Waals surface area contributed by atoms with Gasteiger partial charge in [0.1, 0.15) is 23.2 Å². The monoisotopic (exact) mass is 692 g/mol. The first-order valence-electron chi connectivity index (χ1n) is 16.0. The first-order chi connectivity index (χ1) is 23.1. The Bertz CT molecular complexity index is 1440. The van der Waals surface area contributed by atoms with E-state index < -0.39 is 65.6 Å². The minimum absolute atomic E-state index is 0.0598. The van der Waals surface area contributed by atoms with Crippen molar-refractivity contribution in [3.63, 3.8) is 0 Å². The largest absolute Gasteiger partial charge is 0.497 e. The van der Waals surface area contributed by atoms with E-state index in [1.54, 1.807) is 6.92 Å². The number of hydrogen-bond acceptors (Lipinski definition) is 13. The molecular weight excluding hydrogens is 652 g/mol. The van der Waals surface area contributed by atoms with E-state index in [0.29, 0.717) is 38.6 Å². The third kappa shape index (κ3) is 6.61. The highest BCUT2D eigenvalue weighted by molar-refractivity contribution is 6.35. The number of aldehydes is 2. The van der Waals surface area contributed by atoms with Crippen molar-refractivity contribution in [2.75, 3.05) is 27.4 Å². The molecular formula is C33H41ClN2O12. The van der Waals surface area contributed by atoms with Crippen LogP contribution in [-0.2, 0) is 42.9 Å². The number of carbonyl (C=O) groups is 5. The zero-order valence-corrected chi connectivity index (χ0v) is 27.8. The van der Waals surface area contributed by atoms with Gasteiger partial charge in [0.05, 0.1) is 30.4 Å². The maximum atomic E-state index is 14.6. The average Bonchev–Trinajstić information content (AvgIpc) is 3.48. The van der Waals surface area contributed by atoms with Gasteiger partial charge in [-0.25, -0.2) is 5.84 Å². The Morgan fingerprint density at radius 1 is 0.979 bits per heavy atom. The lowest BCUT2D eigenvalue weighted by Crippen LogP contribution is -2.55. The van der Waals surface area contributed by atoms with Gasteiger partial charge in [-0.05, 0) is 57.1 Å². The molecule has 1 aromatic rings. The Balaban J connectivity index is 1.60. The first kappa shape index (κ1) is 35.9. The van der Waals surface area contributed by atoms with Gasteiger partial charge in [-0.15, -0.1) is 0 Å². The van der Waals surface area contributed by atoms with Gasteiger partial charge < -0.3 is 33.2 Å². The predicted octanol–water partition coefficient (Wildman–Crippen LogP) is 2.71. The number of Topliss-reactive ketones (excluding diaryl/α,β-unsaturated/α-hetero) is 2. The Labute approximate surface area is 282 Å². The number of carbonyl (C=O) groups excluding carboxylic acids is 5. The van der Waals surface area contributed by atoms with Crippen molar-refractivity contribution < 1.29 is 57.1 Å². The Hall–Kier alpha value is -3.40. The summed E-state index contributed by atoms with van der Waals surface area (Å²) < 4.78 is 41.0. The number of nitrogen functional groups attached to an aromatic ring is 1. The van der Waals surface area contributed by atoms with Gasteiger partial charge in [-0.3, -0.25) is 29.4 Å². The number of ketones is 2. The molecule has 15 heteroatoms. The maximum absolute atomic E-state index is 14.6. The van der Waals surface area contributed by atoms with Crippen molar-refractivity contribution >= 4 is 41.6 Å². The molecule has 1 amide bonds. The van der Waals surface area contributed by atoms with Crippen LogP contribution in [0.2, 0.25) is 5.02 Å². The van der Waals surface area contributed by atoms with E-state index in [-0.39, 0.29) is 39.8 Å². The van der Waals surface area contributed by atoms with E-state index >= 15 is 0 Å². The topological polar surface area (TPSA) is 188 Å². The van der Waals surface area contributed by atoms with Crippen LogP contribution < -0.4 is 20.7 Å². The van der Waals surface area contributed by atoms with Crippen LogP contribution in [0.25, 0.3) is 0 Å². The van der Waals surface area contributed by atoms with Crippen LogP contribution in [0.4, 0.5) is 0 Å². The molecule has 48 heavy (non-hydrogen) atoms. The van der Waals surface area contributed by atoms with Gasteiger partial charge in [0.2, 0.25) is 0 Å². The lowest BCUT2D eigenvalue weighted by Gasteiger charge is -2.44. The summed E-state index contributed by atoms with van der Waals surface area (Å²) in [6, 6.07) is 1.32. The van der Waals surface area contributed by atoms with Gasteiger partial charge in [0.25, 0.3) is 5.91 Å². The molecule has 3 N–H and O–H groups in total. The molecule has 0 aromatic heterocycles. The van der Waals surface area contributed by atoms with Gasteiger partial charge in [0, 0.05) is 25.0 Å². The van der Waals surface area contributed by atoms with E-state index in [9.17, 15) is 24.0 Å². The number of hydrazine groups is 1. The molecule has 3 aliphatic heterocycles. The first-order valence-corrected chi connectivity index (χ1v) is 16.4. The van der Waals surface area contributed by atoms with Crippen LogP contribution in [0.3, 0.4) is 0 Å². The molecule has 262 valence electrons. The van der Waals surface area contributed by atoms with Crippen molar-refractivity contribution in [1.82, 2.24) is 5.43 Å². The van der Waals surface area contributed by atoms with E-state index in [4.69, 9.17) is 50.6 Å². The third-order valence-electron chi connectivity index (χ3n) is 9.43. The third-order valence-corrected chi connectivity index (χ3v) is 9.81. The number of nitrogens with two attached hydrogens (primary N) is 1. The number of methoxy groups -OCH3 is 2. The summed E-state index contributed by atoms with van der Waals surface area (Å²) in [5, 5.41) is -0.162. The number of hydrogen-bond donors (Lipinski definition) is 2. The summed E-state index contributed by atoms with van der Waals surface area (Å²) in [6.07, 6.45) is 2.31. The molecule has 3 heterocycles. The van der Waals surface area contributed by atoms with Crippen molar-refractivity contribution in [3.8, 4) is 11.5 Å². The molecule has 1 aliphatic carbocycles. The van der Waals surface area contributed by atoms with Crippen molar-refractivity contribution in [2.45, 2.75) is 88.2 Å². The van der Waals surface area contributed by atoms with Crippen LogP contribution in [0.1, 0.15) is 73.7 Å². The zero-order chi connectivity index (χ0) is 34.6. The van der Waals surface area contributed by atoms with Gasteiger partial charge in [-0.2, -0.15) is 0 Å². The molecule has 1 aromatic carbocycles. The summed E-state index contributed by atoms with van der Waals surface area (Å²) in [5.74, 6) is 0.590. The van der Waals surface area contributed by atoms with Crippen molar-refractivity contribution in [2.24, 2.45) is 17.7 Å². The van der Waals surface area contributed by atoms with Gasteiger partial charge >= 0.3 is 0 Å². The fraction of sp³-hybridized carbons (Fsp3) is 0.606. The number of halogens is 1. The standard InChI is InChI=1S/C33H41ClN2O12/c1-17-12-18(29(39)21(15-37)46-24-8-4-6-10-44-24)13-23(43-3)33(17)27(30(40)22(16-38)47-25-9-5-7-11-45-25)26-20(42-2)14-19(32(41)36-35)28(34)31(26)48-33/h13-18,21-22,24-25,27H,4-12,35H2,1-3H3,(H,36,41)/t17-,18?,21-,22-,24?,25?,27?,33-/m1/s1. The quantitative estimate of drug-likeness (QED) is 0.101. The molecule has 1 spiro atoms. The van der Waals surface area contributed by atoms with Crippen LogP contribution >= 0.6 is 11.6 Å². The van der Waals surface area contributed by atoms with Gasteiger partial charge in [-0.1, -0.05) is 18.5 Å². The maximum Gasteiger partial charge on any atom is 0.266 e. The number of allylic oxidation sites excluding steroid dienone is 1. The lowest BCUT2D eigenvalue weighted by molar-refractivity contribution is -0.192. The summed E-state index contributed by atoms with van der Waals surface area (Å²) >= 11 is 6.76. The summed E-state index contributed by atoms with van der Waals surface area (Å²) in [4.78, 5) is 65.6. The van der Waals surface area contributed by atoms with Crippen LogP contribution in [0.15, 0.2) is 17.9 Å². The number of amides is 1. The Kier molecular flexibility index (Phi) is 11.5. The zero-order valence-electron chi connectivity index (χ0n) is 27.1. The lowest BCUT2D eigenvalue weighted by atomic mass is 9.65. The normalized spacial score (nSPS) is 29.4. The highest BCUT2D eigenvalue weighted by Gasteiger charge is 2.63. The second-order valence-electron chi connectivity index (χ2n) is 12.2. The highest BCUT2D eigenvalue weighted by atomic mass is 35.5. The predicted molar refractivity (Wildman–Crippen MR) is 167 cm³/mol. The van der Waals surface area contributed by atoms with E-state index in [1.807, 2.05) is 5.43 Å². The fourth-order valence-corrected chi connectivity index (χ4v) is 7.34. The summed E-state index contributed by atoms with van der Waals surface area (Å²) in [5.41, 5.74) is 0.404. The molecule has 2 fully saturated rings. The molecule has 0 radical (unpaired) electrons. The van der Waals surface area contributed by atoms with Crippen LogP contribution in [0, 0.1) is 11.8 Å². The second kappa shape index (κ2) is 15.4. The van der Waals surface area contributed by atoms with E-state index in [1.165, 1.54) is 26.4 Å². The fourth-order valence-electron chi connectivity index (χ4n) is 7.06. The van der Waals surface area contributed by atoms with E-state index in [2.05, 4.69) is 0 Å². The average molecular weight is 693 g/mol. The molecule has 8 atom stereocenters. The Morgan fingerprint density at radius 3 is 2.08 bits per heavy atom. The number of ether oxygens (including phenoxy) is 7. The van der Waals surface area contributed by atoms with Gasteiger partial charge in [0.15, 0.2) is 54.5 Å². The molecule has 5 rings (SSSR count). The minimum atomic E-state index is -1.69. The number of rotatable bonds is 13. The number of benzene rings is 1. The second-order valence-corrected chi connectivity index (χ2v) is 12.6. The molecule has 2 saturated heterocycles. The smallest absolute Gasteiger partial charge is 0.266 e. The Morgan fingerprint density at radius 2 is 1.58 bits per heavy atom. The minimum Gasteiger partial charge on any atom is -0.497 e.